The first-order valence-corrected chi connectivity index (χ1v) is 12.2. The maximum absolute atomic E-state index is 15.1. The van der Waals surface area contributed by atoms with E-state index in [-0.39, 0.29) is 62.4 Å². The predicted octanol–water partition coefficient (Wildman–Crippen LogP) is 1.48. The molecule has 3 heterocycles. The summed E-state index contributed by atoms with van der Waals surface area (Å²) in [5, 5.41) is 16.7. The van der Waals surface area contributed by atoms with Crippen molar-refractivity contribution in [2.75, 3.05) is 54.4 Å². The third kappa shape index (κ3) is 6.22. The minimum Gasteiger partial charge on any atom is -0.442 e. The molecule has 0 radical (unpaired) electrons. The van der Waals surface area contributed by atoms with Crippen LogP contribution in [0.3, 0.4) is 0 Å². The first-order valence-electron chi connectivity index (χ1n) is 11.3. The van der Waals surface area contributed by atoms with Crippen LogP contribution in [0, 0.1) is 11.6 Å². The van der Waals surface area contributed by atoms with Crippen molar-refractivity contribution in [3.63, 3.8) is 0 Å². The summed E-state index contributed by atoms with van der Waals surface area (Å²) in [5.74, 6) is -3.44. The van der Waals surface area contributed by atoms with Crippen LogP contribution in [0.15, 0.2) is 17.5 Å². The summed E-state index contributed by atoms with van der Waals surface area (Å²) in [4.78, 5) is 42.1. The molecule has 1 atom stereocenters. The SMILES string of the molecule is O=C(NCC1CN(c2cc(F)c(N3CCNN(C(=O)Nc4nc(CO)cs4)CC3)c(F)c2)C(=O)O1)C(F)F. The number of alkyl halides is 2. The molecule has 38 heavy (non-hydrogen) atoms. The quantitative estimate of drug-likeness (QED) is 0.373. The topological polar surface area (TPSA) is 139 Å². The molecule has 12 nitrogen and oxygen atoms in total. The molecule has 17 heteroatoms. The Hall–Kier alpha value is -3.70. The summed E-state index contributed by atoms with van der Waals surface area (Å²) in [6, 6.07) is 1.36. The van der Waals surface area contributed by atoms with Gasteiger partial charge in [0.05, 0.1) is 37.6 Å². The Morgan fingerprint density at radius 1 is 1.24 bits per heavy atom. The number of nitrogens with zero attached hydrogens (tertiary/aromatic N) is 4. The van der Waals surface area contributed by atoms with E-state index in [9.17, 15) is 23.2 Å². The van der Waals surface area contributed by atoms with Crippen molar-refractivity contribution in [2.24, 2.45) is 0 Å². The van der Waals surface area contributed by atoms with E-state index in [4.69, 9.17) is 9.84 Å². The van der Waals surface area contributed by atoms with Crippen molar-refractivity contribution in [2.45, 2.75) is 19.1 Å². The van der Waals surface area contributed by atoms with Gasteiger partial charge < -0.3 is 20.1 Å². The van der Waals surface area contributed by atoms with Gasteiger partial charge in [-0.1, -0.05) is 0 Å². The fourth-order valence-corrected chi connectivity index (χ4v) is 4.56. The smallest absolute Gasteiger partial charge is 0.414 e. The number of nitrogens with one attached hydrogen (secondary N) is 3. The molecule has 2 saturated heterocycles. The number of ether oxygens (including phenoxy) is 1. The van der Waals surface area contributed by atoms with Gasteiger partial charge in [0, 0.05) is 37.1 Å². The summed E-state index contributed by atoms with van der Waals surface area (Å²) < 4.78 is 59.8. The second-order valence-electron chi connectivity index (χ2n) is 8.20. The highest BCUT2D eigenvalue weighted by atomic mass is 32.1. The van der Waals surface area contributed by atoms with Crippen molar-refractivity contribution < 1.29 is 41.8 Å². The lowest BCUT2D eigenvalue weighted by Gasteiger charge is -2.25. The summed E-state index contributed by atoms with van der Waals surface area (Å²) in [5.41, 5.74) is 2.79. The molecule has 1 aromatic carbocycles. The second kappa shape index (κ2) is 11.8. The monoisotopic (exact) mass is 561 g/mol. The maximum Gasteiger partial charge on any atom is 0.414 e. The van der Waals surface area contributed by atoms with Gasteiger partial charge >= 0.3 is 18.5 Å². The Balaban J connectivity index is 1.38. The molecule has 206 valence electrons. The lowest BCUT2D eigenvalue weighted by atomic mass is 10.2. The van der Waals surface area contributed by atoms with E-state index in [2.05, 4.69) is 15.7 Å². The second-order valence-corrected chi connectivity index (χ2v) is 9.06. The van der Waals surface area contributed by atoms with Gasteiger partial charge in [-0.3, -0.25) is 20.0 Å². The number of cyclic esters (lactones) is 1. The third-order valence-electron chi connectivity index (χ3n) is 5.66. The lowest BCUT2D eigenvalue weighted by molar-refractivity contribution is -0.132. The van der Waals surface area contributed by atoms with Crippen molar-refractivity contribution in [3.05, 3.63) is 34.8 Å². The first-order chi connectivity index (χ1) is 18.2. The van der Waals surface area contributed by atoms with Crippen LogP contribution in [0.5, 0.6) is 0 Å². The van der Waals surface area contributed by atoms with Crippen molar-refractivity contribution in [1.82, 2.24) is 20.7 Å². The number of halogens is 4. The highest BCUT2D eigenvalue weighted by Gasteiger charge is 2.34. The Kier molecular flexibility index (Phi) is 8.48. The van der Waals surface area contributed by atoms with Gasteiger partial charge in [0.25, 0.3) is 5.91 Å². The van der Waals surface area contributed by atoms with Gasteiger partial charge in [0.15, 0.2) is 16.8 Å². The van der Waals surface area contributed by atoms with Crippen molar-refractivity contribution >= 4 is 45.9 Å². The molecule has 0 spiro atoms. The first kappa shape index (κ1) is 27.3. The van der Waals surface area contributed by atoms with Gasteiger partial charge in [-0.25, -0.2) is 28.8 Å². The molecule has 2 aromatic rings. The zero-order chi connectivity index (χ0) is 27.4. The minimum absolute atomic E-state index is 0.0646. The number of hydrazine groups is 1. The number of aliphatic hydroxyl groups is 1. The van der Waals surface area contributed by atoms with Crippen LogP contribution in [-0.4, -0.2) is 84.9 Å². The molecule has 1 unspecified atom stereocenters. The van der Waals surface area contributed by atoms with E-state index >= 15 is 8.78 Å². The summed E-state index contributed by atoms with van der Waals surface area (Å²) in [7, 11) is 0. The molecule has 2 aliphatic rings. The number of hydrogen-bond acceptors (Lipinski definition) is 9. The van der Waals surface area contributed by atoms with Crippen LogP contribution < -0.4 is 25.9 Å². The normalized spacial score (nSPS) is 18.0. The Labute approximate surface area is 217 Å². The van der Waals surface area contributed by atoms with Crippen LogP contribution in [-0.2, 0) is 16.1 Å². The van der Waals surface area contributed by atoms with Gasteiger partial charge in [0.2, 0.25) is 0 Å². The fourth-order valence-electron chi connectivity index (χ4n) is 3.86. The van der Waals surface area contributed by atoms with Gasteiger partial charge in [0.1, 0.15) is 11.8 Å². The number of aliphatic hydroxyl groups excluding tert-OH is 1. The molecular formula is C21H23F4N7O5S. The number of carbonyl (C=O) groups is 3. The van der Waals surface area contributed by atoms with E-state index in [0.717, 1.165) is 28.4 Å². The van der Waals surface area contributed by atoms with E-state index in [1.165, 1.54) is 9.91 Å². The van der Waals surface area contributed by atoms with E-state index in [1.807, 2.05) is 5.32 Å². The van der Waals surface area contributed by atoms with E-state index in [1.54, 1.807) is 5.38 Å². The van der Waals surface area contributed by atoms with Gasteiger partial charge in [-0.05, 0) is 0 Å². The number of anilines is 3. The average molecular weight is 562 g/mol. The van der Waals surface area contributed by atoms with Crippen molar-refractivity contribution in [3.8, 4) is 0 Å². The standard InChI is InChI=1S/C21H23F4N7O5S/c22-14-5-12(31-8-13(37-21(31)36)7-26-18(34)17(24)25)6-15(23)16(14)30-2-1-27-32(4-3-30)20(35)29-19-28-11(9-33)10-38-19/h5-6,10,13,17,27,33H,1-4,7-9H2,(H,26,34)(H,28,29,35). The summed E-state index contributed by atoms with van der Waals surface area (Å²) >= 11 is 1.14. The molecule has 0 saturated carbocycles. The number of thiazole rings is 1. The number of amides is 4. The van der Waals surface area contributed by atoms with Gasteiger partial charge in [-0.15, -0.1) is 11.3 Å². The molecule has 2 fully saturated rings. The molecule has 4 rings (SSSR count). The molecular weight excluding hydrogens is 538 g/mol. The Morgan fingerprint density at radius 3 is 2.63 bits per heavy atom. The average Bonchev–Trinajstić information content (AvgIpc) is 3.40. The number of hydrogen-bond donors (Lipinski definition) is 4. The molecule has 4 N–H and O–H groups in total. The van der Waals surface area contributed by atoms with Crippen LogP contribution in [0.4, 0.5) is 43.7 Å². The lowest BCUT2D eigenvalue weighted by Crippen LogP contribution is -2.46. The molecule has 1 aromatic heterocycles. The van der Waals surface area contributed by atoms with Crippen LogP contribution in [0.25, 0.3) is 0 Å². The largest absolute Gasteiger partial charge is 0.442 e. The molecule has 0 aliphatic carbocycles. The van der Waals surface area contributed by atoms with Crippen LogP contribution >= 0.6 is 11.3 Å². The van der Waals surface area contributed by atoms with E-state index < -0.39 is 42.2 Å². The number of urea groups is 1. The Morgan fingerprint density at radius 2 is 1.97 bits per heavy atom. The number of aromatic nitrogens is 1. The number of rotatable bonds is 7. The highest BCUT2D eigenvalue weighted by Crippen LogP contribution is 2.31. The predicted molar refractivity (Wildman–Crippen MR) is 127 cm³/mol. The Bertz CT molecular complexity index is 1180. The van der Waals surface area contributed by atoms with Crippen molar-refractivity contribution in [1.29, 1.82) is 0 Å². The zero-order valence-electron chi connectivity index (χ0n) is 19.6. The van der Waals surface area contributed by atoms with Crippen LogP contribution in [0.1, 0.15) is 5.69 Å². The molecule has 0 bridgehead atoms. The van der Waals surface area contributed by atoms with E-state index in [0.29, 0.717) is 5.69 Å². The van der Waals surface area contributed by atoms with Gasteiger partial charge in [-0.2, -0.15) is 8.78 Å². The number of benzene rings is 1. The fraction of sp³-hybridized carbons (Fsp3) is 0.429. The van der Waals surface area contributed by atoms with Crippen LogP contribution in [0.2, 0.25) is 0 Å². The molecule has 2 aliphatic heterocycles. The zero-order valence-corrected chi connectivity index (χ0v) is 20.4. The third-order valence-corrected chi connectivity index (χ3v) is 6.46. The summed E-state index contributed by atoms with van der Waals surface area (Å²) in [6.07, 6.45) is -5.16. The number of carbonyl (C=O) groups excluding carboxylic acids is 3. The maximum atomic E-state index is 15.1. The molecule has 4 amide bonds. The minimum atomic E-state index is -3.23. The summed E-state index contributed by atoms with van der Waals surface area (Å²) in [6.45, 7) is -0.390. The highest BCUT2D eigenvalue weighted by molar-refractivity contribution is 7.13.